The van der Waals surface area contributed by atoms with Crippen molar-refractivity contribution in [3.8, 4) is 0 Å². The molecule has 0 saturated heterocycles. The van der Waals surface area contributed by atoms with E-state index in [1.54, 1.807) is 0 Å². The van der Waals surface area contributed by atoms with Crippen LogP contribution >= 0.6 is 12.4 Å². The molecule has 0 radical (unpaired) electrons. The van der Waals surface area contributed by atoms with E-state index >= 15 is 0 Å². The number of aromatic nitrogens is 2. The highest BCUT2D eigenvalue weighted by atomic mass is 35.5. The molecule has 1 heterocycles. The number of nitrogens with one attached hydrogen (secondary N) is 1. The minimum absolute atomic E-state index is 0. The molecule has 6 heteroatoms. The van der Waals surface area contributed by atoms with Crippen LogP contribution in [0.15, 0.2) is 24.3 Å². The second kappa shape index (κ2) is 7.43. The van der Waals surface area contributed by atoms with Crippen LogP contribution in [-0.4, -0.2) is 21.5 Å². The Bertz CT molecular complexity index is 609. The van der Waals surface area contributed by atoms with Crippen molar-refractivity contribution in [3.05, 3.63) is 24.3 Å². The van der Waals surface area contributed by atoms with Crippen molar-refractivity contribution in [1.29, 1.82) is 0 Å². The summed E-state index contributed by atoms with van der Waals surface area (Å²) in [5.41, 5.74) is 7.79. The highest BCUT2D eigenvalue weighted by Gasteiger charge is 2.20. The average Bonchev–Trinajstić information content (AvgIpc) is 2.76. The number of carbonyl (C=O) groups excluding carboxylic acids is 1. The maximum atomic E-state index is 12.1. The van der Waals surface area contributed by atoms with Crippen LogP contribution in [-0.2, 0) is 11.3 Å². The highest BCUT2D eigenvalue weighted by Crippen LogP contribution is 2.20. The quantitative estimate of drug-likeness (QED) is 0.892. The summed E-state index contributed by atoms with van der Waals surface area (Å²) in [7, 11) is 0. The van der Waals surface area contributed by atoms with Gasteiger partial charge in [-0.2, -0.15) is 0 Å². The highest BCUT2D eigenvalue weighted by molar-refractivity contribution is 5.95. The topological polar surface area (TPSA) is 72.9 Å². The maximum absolute atomic E-state index is 12.1. The molecule has 21 heavy (non-hydrogen) atoms. The molecule has 0 spiro atoms. The fraction of sp³-hybridized carbons (Fsp3) is 0.467. The maximum Gasteiger partial charge on any atom is 0.243 e. The Kier molecular flexibility index (Phi) is 6.18. The number of anilines is 1. The van der Waals surface area contributed by atoms with Crippen molar-refractivity contribution in [2.24, 2.45) is 11.7 Å². The van der Waals surface area contributed by atoms with E-state index in [9.17, 15) is 4.79 Å². The summed E-state index contributed by atoms with van der Waals surface area (Å²) in [6.45, 7) is 6.77. The minimum Gasteiger partial charge on any atom is -0.320 e. The lowest BCUT2D eigenvalue weighted by Crippen LogP contribution is -2.40. The molecule has 116 valence electrons. The Balaban J connectivity index is 0.00000220. The second-order valence-corrected chi connectivity index (χ2v) is 5.33. The molecule has 0 bridgehead atoms. The molecule has 0 aliphatic heterocycles. The van der Waals surface area contributed by atoms with Gasteiger partial charge in [0.05, 0.1) is 17.1 Å². The fourth-order valence-electron chi connectivity index (χ4n) is 2.12. The van der Waals surface area contributed by atoms with Crippen LogP contribution in [0.2, 0.25) is 0 Å². The molecular formula is C15H23ClN4O. The molecule has 2 aromatic rings. The number of amides is 1. The molecule has 0 fully saturated rings. The predicted molar refractivity (Wildman–Crippen MR) is 88.7 cm³/mol. The number of imidazole rings is 1. The fourth-order valence-corrected chi connectivity index (χ4v) is 2.12. The predicted octanol–water partition coefficient (Wildman–Crippen LogP) is 2.79. The summed E-state index contributed by atoms with van der Waals surface area (Å²) in [5.74, 6) is 0.487. The molecular weight excluding hydrogens is 288 g/mol. The molecule has 3 N–H and O–H groups in total. The lowest BCUT2D eigenvalue weighted by Gasteiger charge is -2.15. The van der Waals surface area contributed by atoms with E-state index in [-0.39, 0.29) is 24.2 Å². The van der Waals surface area contributed by atoms with Gasteiger partial charge in [0.15, 0.2) is 0 Å². The number of fused-ring (bicyclic) bond motifs is 1. The summed E-state index contributed by atoms with van der Waals surface area (Å²) < 4.78 is 2.03. The largest absolute Gasteiger partial charge is 0.320 e. The summed E-state index contributed by atoms with van der Waals surface area (Å²) in [6, 6.07) is 7.35. The Morgan fingerprint density at radius 2 is 2.05 bits per heavy atom. The molecule has 5 nitrogen and oxygen atoms in total. The number of nitrogens with two attached hydrogens (primary N) is 1. The van der Waals surface area contributed by atoms with Crippen LogP contribution in [0.5, 0.6) is 0 Å². The number of rotatable bonds is 5. The van der Waals surface area contributed by atoms with Gasteiger partial charge in [0.25, 0.3) is 0 Å². The van der Waals surface area contributed by atoms with Crippen LogP contribution in [0.25, 0.3) is 11.0 Å². The molecule has 1 aromatic carbocycles. The van der Waals surface area contributed by atoms with Crippen LogP contribution < -0.4 is 11.1 Å². The zero-order valence-electron chi connectivity index (χ0n) is 12.7. The average molecular weight is 311 g/mol. The Morgan fingerprint density at radius 3 is 2.67 bits per heavy atom. The zero-order valence-corrected chi connectivity index (χ0v) is 13.5. The van der Waals surface area contributed by atoms with Crippen LogP contribution in [0.1, 0.15) is 27.2 Å². The molecule has 0 saturated carbocycles. The molecule has 0 aliphatic carbocycles. The van der Waals surface area contributed by atoms with E-state index in [4.69, 9.17) is 5.73 Å². The Labute approximate surface area is 131 Å². The Hall–Kier alpha value is -1.59. The van der Waals surface area contributed by atoms with E-state index < -0.39 is 6.04 Å². The monoisotopic (exact) mass is 310 g/mol. The SMILES string of the molecule is CCCn1c(NC(=O)C(N)C(C)C)nc2ccccc21.Cl. The zero-order chi connectivity index (χ0) is 14.7. The van der Waals surface area contributed by atoms with Gasteiger partial charge in [-0.1, -0.05) is 32.9 Å². The van der Waals surface area contributed by atoms with Gasteiger partial charge in [-0.25, -0.2) is 4.98 Å². The van der Waals surface area contributed by atoms with Gasteiger partial charge in [-0.3, -0.25) is 10.1 Å². The first-order chi connectivity index (χ1) is 9.54. The van der Waals surface area contributed by atoms with E-state index in [2.05, 4.69) is 17.2 Å². The molecule has 1 atom stereocenters. The molecule has 1 amide bonds. The number of nitrogens with zero attached hydrogens (tertiary/aromatic N) is 2. The van der Waals surface area contributed by atoms with Crippen molar-refractivity contribution in [3.63, 3.8) is 0 Å². The third kappa shape index (κ3) is 3.74. The number of para-hydroxylation sites is 2. The minimum atomic E-state index is -0.523. The number of halogens is 1. The van der Waals surface area contributed by atoms with Crippen molar-refractivity contribution in [1.82, 2.24) is 9.55 Å². The number of hydrogen-bond donors (Lipinski definition) is 2. The van der Waals surface area contributed by atoms with Gasteiger partial charge in [0.2, 0.25) is 11.9 Å². The number of carbonyl (C=O) groups is 1. The first-order valence-electron chi connectivity index (χ1n) is 7.06. The summed E-state index contributed by atoms with van der Waals surface area (Å²) in [6.07, 6.45) is 0.972. The summed E-state index contributed by atoms with van der Waals surface area (Å²) in [5, 5.41) is 2.85. The van der Waals surface area contributed by atoms with Crippen molar-refractivity contribution in [2.45, 2.75) is 39.8 Å². The van der Waals surface area contributed by atoms with Crippen LogP contribution in [0.3, 0.4) is 0 Å². The first-order valence-corrected chi connectivity index (χ1v) is 7.06. The van der Waals surface area contributed by atoms with Gasteiger partial charge in [-0.05, 0) is 24.5 Å². The van der Waals surface area contributed by atoms with Gasteiger partial charge in [0.1, 0.15) is 0 Å². The standard InChI is InChI=1S/C15H22N4O.ClH/c1-4-9-19-12-8-6-5-7-11(12)17-15(19)18-14(20)13(16)10(2)3;/h5-8,10,13H,4,9,16H2,1-3H3,(H,17,18,20);1H. The molecule has 0 aliphatic rings. The summed E-state index contributed by atoms with van der Waals surface area (Å²) in [4.78, 5) is 16.6. The van der Waals surface area contributed by atoms with E-state index in [0.717, 1.165) is 24.0 Å². The van der Waals surface area contributed by atoms with Crippen molar-refractivity contribution < 1.29 is 4.79 Å². The second-order valence-electron chi connectivity index (χ2n) is 5.33. The third-order valence-electron chi connectivity index (χ3n) is 3.36. The van der Waals surface area contributed by atoms with E-state index in [1.807, 2.05) is 42.7 Å². The van der Waals surface area contributed by atoms with E-state index in [0.29, 0.717) is 5.95 Å². The molecule has 1 unspecified atom stereocenters. The number of hydrogen-bond acceptors (Lipinski definition) is 3. The normalized spacial score (nSPS) is 12.2. The van der Waals surface area contributed by atoms with E-state index in [1.165, 1.54) is 0 Å². The van der Waals surface area contributed by atoms with Gasteiger partial charge < -0.3 is 10.3 Å². The van der Waals surface area contributed by atoms with Crippen molar-refractivity contribution in [2.75, 3.05) is 5.32 Å². The number of aryl methyl sites for hydroxylation is 1. The number of benzene rings is 1. The summed E-state index contributed by atoms with van der Waals surface area (Å²) >= 11 is 0. The third-order valence-corrected chi connectivity index (χ3v) is 3.36. The van der Waals surface area contributed by atoms with Crippen LogP contribution in [0.4, 0.5) is 5.95 Å². The Morgan fingerprint density at radius 1 is 1.38 bits per heavy atom. The lowest BCUT2D eigenvalue weighted by atomic mass is 10.1. The van der Waals surface area contributed by atoms with Crippen molar-refractivity contribution >= 4 is 35.3 Å². The smallest absolute Gasteiger partial charge is 0.243 e. The lowest BCUT2D eigenvalue weighted by molar-refractivity contribution is -0.118. The van der Waals surface area contributed by atoms with Crippen LogP contribution in [0, 0.1) is 5.92 Å². The van der Waals surface area contributed by atoms with Gasteiger partial charge in [-0.15, -0.1) is 12.4 Å². The van der Waals surface area contributed by atoms with Gasteiger partial charge >= 0.3 is 0 Å². The molecule has 1 aromatic heterocycles. The molecule has 2 rings (SSSR count). The van der Waals surface area contributed by atoms with Gasteiger partial charge in [0, 0.05) is 6.54 Å². The first kappa shape index (κ1) is 17.5.